The van der Waals surface area contributed by atoms with E-state index in [2.05, 4.69) is 26.0 Å². The van der Waals surface area contributed by atoms with Gasteiger partial charge >= 0.3 is 0 Å². The highest BCUT2D eigenvalue weighted by molar-refractivity contribution is 9.10. The van der Waals surface area contributed by atoms with Crippen molar-refractivity contribution in [1.29, 1.82) is 0 Å². The lowest BCUT2D eigenvalue weighted by Crippen LogP contribution is -2.26. The van der Waals surface area contributed by atoms with Crippen LogP contribution in [0, 0.1) is 0 Å². The zero-order chi connectivity index (χ0) is 19.3. The summed E-state index contributed by atoms with van der Waals surface area (Å²) in [7, 11) is -3.60. The van der Waals surface area contributed by atoms with Crippen LogP contribution in [0.2, 0.25) is 0 Å². The van der Waals surface area contributed by atoms with Gasteiger partial charge in [0.1, 0.15) is 0 Å². The van der Waals surface area contributed by atoms with Gasteiger partial charge in [-0.15, -0.1) is 11.3 Å². The van der Waals surface area contributed by atoms with E-state index >= 15 is 0 Å². The molecular formula is C19H17BrN2O3S2. The molecule has 1 amide bonds. The second-order valence-corrected chi connectivity index (χ2v) is 9.43. The Morgan fingerprint density at radius 1 is 1.00 bits per heavy atom. The lowest BCUT2D eigenvalue weighted by molar-refractivity contribution is 0.102. The fourth-order valence-electron chi connectivity index (χ4n) is 2.37. The third-order valence-corrected chi connectivity index (χ3v) is 6.71. The fraction of sp³-hybridized carbons (Fsp3) is 0.105. The van der Waals surface area contributed by atoms with E-state index in [1.807, 2.05) is 29.6 Å². The minimum Gasteiger partial charge on any atom is -0.322 e. The number of carbonyl (C=O) groups excluding carboxylic acids is 1. The predicted octanol–water partition coefficient (Wildman–Crippen LogP) is 4.28. The zero-order valence-corrected chi connectivity index (χ0v) is 17.4. The Hall–Kier alpha value is -2.00. The van der Waals surface area contributed by atoms with Crippen molar-refractivity contribution in [3.8, 4) is 0 Å². The molecule has 3 rings (SSSR count). The largest absolute Gasteiger partial charge is 0.322 e. The van der Waals surface area contributed by atoms with Crippen LogP contribution in [0.4, 0.5) is 5.69 Å². The summed E-state index contributed by atoms with van der Waals surface area (Å²) in [6, 6.07) is 17.0. The quantitative estimate of drug-likeness (QED) is 0.547. The van der Waals surface area contributed by atoms with Gasteiger partial charge in [-0.2, -0.15) is 0 Å². The van der Waals surface area contributed by atoms with Gasteiger partial charge in [-0.3, -0.25) is 4.79 Å². The van der Waals surface area contributed by atoms with Crippen molar-refractivity contribution in [3.05, 3.63) is 81.0 Å². The first-order valence-corrected chi connectivity index (χ1v) is 11.3. The molecule has 1 aromatic heterocycles. The third-order valence-electron chi connectivity index (χ3n) is 3.77. The van der Waals surface area contributed by atoms with E-state index < -0.39 is 10.0 Å². The lowest BCUT2D eigenvalue weighted by Gasteiger charge is -2.08. The Labute approximate surface area is 170 Å². The van der Waals surface area contributed by atoms with E-state index in [1.165, 1.54) is 24.3 Å². The molecule has 0 fully saturated rings. The number of benzene rings is 2. The molecule has 1 heterocycles. The number of sulfonamides is 1. The first kappa shape index (κ1) is 19.8. The van der Waals surface area contributed by atoms with Crippen molar-refractivity contribution in [2.75, 3.05) is 11.9 Å². The lowest BCUT2D eigenvalue weighted by atomic mass is 10.2. The minimum absolute atomic E-state index is 0.133. The highest BCUT2D eigenvalue weighted by Crippen LogP contribution is 2.16. The summed E-state index contributed by atoms with van der Waals surface area (Å²) in [5.41, 5.74) is 1.05. The van der Waals surface area contributed by atoms with Crippen molar-refractivity contribution in [2.45, 2.75) is 11.3 Å². The number of rotatable bonds is 7. The van der Waals surface area contributed by atoms with Gasteiger partial charge < -0.3 is 5.32 Å². The molecule has 0 bridgehead atoms. The molecule has 140 valence electrons. The molecule has 27 heavy (non-hydrogen) atoms. The van der Waals surface area contributed by atoms with Gasteiger partial charge in [0.15, 0.2) is 0 Å². The number of carbonyl (C=O) groups is 1. The number of amides is 1. The maximum Gasteiger partial charge on any atom is 0.255 e. The molecule has 0 saturated heterocycles. The predicted molar refractivity (Wildman–Crippen MR) is 112 cm³/mol. The number of anilines is 1. The van der Waals surface area contributed by atoms with Crippen molar-refractivity contribution in [1.82, 2.24) is 4.72 Å². The molecule has 0 atom stereocenters. The molecule has 0 aliphatic carbocycles. The van der Waals surface area contributed by atoms with E-state index in [9.17, 15) is 13.2 Å². The number of nitrogens with one attached hydrogen (secondary N) is 2. The first-order chi connectivity index (χ1) is 12.9. The van der Waals surface area contributed by atoms with Gasteiger partial charge in [-0.25, -0.2) is 13.1 Å². The molecule has 2 aromatic carbocycles. The van der Waals surface area contributed by atoms with Crippen molar-refractivity contribution < 1.29 is 13.2 Å². The van der Waals surface area contributed by atoms with Gasteiger partial charge in [0.25, 0.3) is 5.91 Å². The summed E-state index contributed by atoms with van der Waals surface area (Å²) in [5, 5.41) is 4.73. The summed E-state index contributed by atoms with van der Waals surface area (Å²) in [6.45, 7) is 0.328. The molecular weight excluding hydrogens is 448 g/mol. The standard InChI is InChI=1S/C19H17BrN2O3S2/c20-15-5-7-16(8-6-15)22-19(23)14-3-9-18(10-4-14)27(24,25)21-12-11-17-2-1-13-26-17/h1-10,13,21H,11-12H2,(H,22,23). The fourth-order valence-corrected chi connectivity index (χ4v) is 4.37. The molecule has 0 unspecified atom stereocenters. The molecule has 0 aliphatic rings. The monoisotopic (exact) mass is 464 g/mol. The van der Waals surface area contributed by atoms with Crippen LogP contribution in [0.15, 0.2) is 75.4 Å². The van der Waals surface area contributed by atoms with Gasteiger partial charge in [0, 0.05) is 27.1 Å². The molecule has 8 heteroatoms. The number of thiophene rings is 1. The number of hydrogen-bond donors (Lipinski definition) is 2. The molecule has 2 N–H and O–H groups in total. The molecule has 0 spiro atoms. The van der Waals surface area contributed by atoms with Crippen LogP contribution < -0.4 is 10.0 Å². The second-order valence-electron chi connectivity index (χ2n) is 5.71. The van der Waals surface area contributed by atoms with Gasteiger partial charge in [-0.1, -0.05) is 22.0 Å². The van der Waals surface area contributed by atoms with Crippen molar-refractivity contribution in [2.24, 2.45) is 0 Å². The maximum absolute atomic E-state index is 12.4. The Morgan fingerprint density at radius 2 is 1.70 bits per heavy atom. The highest BCUT2D eigenvalue weighted by Gasteiger charge is 2.15. The first-order valence-electron chi connectivity index (χ1n) is 8.13. The molecule has 3 aromatic rings. The molecule has 5 nitrogen and oxygen atoms in total. The Morgan fingerprint density at radius 3 is 2.33 bits per heavy atom. The molecule has 0 aliphatic heterocycles. The van der Waals surface area contributed by atoms with Crippen LogP contribution in [-0.4, -0.2) is 20.9 Å². The van der Waals surface area contributed by atoms with Crippen LogP contribution in [0.1, 0.15) is 15.2 Å². The van der Waals surface area contributed by atoms with Gasteiger partial charge in [0.2, 0.25) is 10.0 Å². The second kappa shape index (κ2) is 8.79. The average Bonchev–Trinajstić information content (AvgIpc) is 3.17. The number of hydrogen-bond acceptors (Lipinski definition) is 4. The van der Waals surface area contributed by atoms with Crippen molar-refractivity contribution >= 4 is 48.9 Å². The zero-order valence-electron chi connectivity index (χ0n) is 14.2. The Balaban J connectivity index is 1.61. The normalized spacial score (nSPS) is 11.3. The Kier molecular flexibility index (Phi) is 6.43. The van der Waals surface area contributed by atoms with Crippen LogP contribution in [0.3, 0.4) is 0 Å². The maximum atomic E-state index is 12.4. The summed E-state index contributed by atoms with van der Waals surface area (Å²) in [6.07, 6.45) is 0.643. The summed E-state index contributed by atoms with van der Waals surface area (Å²) in [4.78, 5) is 13.5. The van der Waals surface area contributed by atoms with E-state index in [0.717, 1.165) is 9.35 Å². The van der Waals surface area contributed by atoms with E-state index in [4.69, 9.17) is 0 Å². The summed E-state index contributed by atoms with van der Waals surface area (Å²) in [5.74, 6) is -0.299. The average molecular weight is 465 g/mol. The highest BCUT2D eigenvalue weighted by atomic mass is 79.9. The van der Waals surface area contributed by atoms with E-state index in [-0.39, 0.29) is 10.8 Å². The summed E-state index contributed by atoms with van der Waals surface area (Å²) >= 11 is 4.93. The van der Waals surface area contributed by atoms with Crippen LogP contribution >= 0.6 is 27.3 Å². The molecule has 0 radical (unpaired) electrons. The van der Waals surface area contributed by atoms with Crippen LogP contribution in [-0.2, 0) is 16.4 Å². The van der Waals surface area contributed by atoms with Crippen LogP contribution in [0.5, 0.6) is 0 Å². The van der Waals surface area contributed by atoms with Gasteiger partial charge in [0.05, 0.1) is 4.90 Å². The molecule has 0 saturated carbocycles. The SMILES string of the molecule is O=C(Nc1ccc(Br)cc1)c1ccc(S(=O)(=O)NCCc2cccs2)cc1. The minimum atomic E-state index is -3.60. The van der Waals surface area contributed by atoms with Gasteiger partial charge in [-0.05, 0) is 66.4 Å². The Bertz CT molecular complexity index is 1000. The third kappa shape index (κ3) is 5.49. The van der Waals surface area contributed by atoms with E-state index in [0.29, 0.717) is 24.2 Å². The van der Waals surface area contributed by atoms with Crippen LogP contribution in [0.25, 0.3) is 0 Å². The summed E-state index contributed by atoms with van der Waals surface area (Å²) < 4.78 is 28.2. The van der Waals surface area contributed by atoms with Crippen molar-refractivity contribution in [3.63, 3.8) is 0 Å². The van der Waals surface area contributed by atoms with E-state index in [1.54, 1.807) is 23.5 Å². The smallest absolute Gasteiger partial charge is 0.255 e. The number of halogens is 1. The topological polar surface area (TPSA) is 75.3 Å².